The van der Waals surface area contributed by atoms with Gasteiger partial charge in [-0.15, -0.1) is 0 Å². The van der Waals surface area contributed by atoms with Crippen molar-refractivity contribution in [3.8, 4) is 0 Å². The van der Waals surface area contributed by atoms with Gasteiger partial charge in [0, 0.05) is 29.9 Å². The number of aliphatic hydroxyl groups is 1. The molecular weight excluding hydrogens is 228 g/mol. The van der Waals surface area contributed by atoms with Gasteiger partial charge in [-0.25, -0.2) is 0 Å². The molecule has 4 nitrogen and oxygen atoms in total. The minimum atomic E-state index is -0.140. The van der Waals surface area contributed by atoms with Gasteiger partial charge in [0.05, 0.1) is 6.61 Å². The van der Waals surface area contributed by atoms with Crippen LogP contribution in [0.2, 0.25) is 5.02 Å². The molecule has 0 bridgehead atoms. The zero-order chi connectivity index (χ0) is 12.1. The number of hydrogen-bond donors (Lipinski definition) is 3. The molecule has 1 amide bonds. The third kappa shape index (κ3) is 3.40. The first-order chi connectivity index (χ1) is 7.54. The Hall–Kier alpha value is -1.26. The number of anilines is 2. The summed E-state index contributed by atoms with van der Waals surface area (Å²) in [6.45, 7) is 3.81. The molecule has 0 spiro atoms. The average molecular weight is 243 g/mol. The lowest BCUT2D eigenvalue weighted by atomic mass is 10.1. The number of rotatable bonds is 4. The summed E-state index contributed by atoms with van der Waals surface area (Å²) in [7, 11) is 0. The van der Waals surface area contributed by atoms with Crippen molar-refractivity contribution in [1.82, 2.24) is 0 Å². The van der Waals surface area contributed by atoms with Gasteiger partial charge in [0.2, 0.25) is 5.91 Å². The fourth-order valence-electron chi connectivity index (χ4n) is 1.37. The van der Waals surface area contributed by atoms with Gasteiger partial charge in [-0.05, 0) is 24.6 Å². The van der Waals surface area contributed by atoms with Crippen LogP contribution in [0.1, 0.15) is 12.5 Å². The molecule has 0 unspecified atom stereocenters. The summed E-state index contributed by atoms with van der Waals surface area (Å²) >= 11 is 5.93. The number of nitrogens with one attached hydrogen (secondary N) is 2. The van der Waals surface area contributed by atoms with Crippen LogP contribution in [0.5, 0.6) is 0 Å². The first-order valence-corrected chi connectivity index (χ1v) is 5.35. The Labute approximate surface area is 99.6 Å². The van der Waals surface area contributed by atoms with Crippen molar-refractivity contribution in [1.29, 1.82) is 0 Å². The van der Waals surface area contributed by atoms with E-state index in [1.54, 1.807) is 12.1 Å². The summed E-state index contributed by atoms with van der Waals surface area (Å²) in [6, 6.07) is 3.46. The van der Waals surface area contributed by atoms with E-state index in [4.69, 9.17) is 16.7 Å². The van der Waals surface area contributed by atoms with E-state index in [1.807, 2.05) is 6.92 Å². The maximum atomic E-state index is 11.0. The maximum absolute atomic E-state index is 11.0. The van der Waals surface area contributed by atoms with Crippen molar-refractivity contribution < 1.29 is 9.90 Å². The summed E-state index contributed by atoms with van der Waals surface area (Å²) in [5, 5.41) is 15.0. The van der Waals surface area contributed by atoms with Crippen molar-refractivity contribution in [3.05, 3.63) is 22.7 Å². The SMILES string of the molecule is CC(=O)Nc1cc(Cl)cc(NCCO)c1C. The predicted octanol–water partition coefficient (Wildman–Crippen LogP) is 2.01. The molecular formula is C11H15ClN2O2. The van der Waals surface area contributed by atoms with Crippen molar-refractivity contribution in [2.45, 2.75) is 13.8 Å². The van der Waals surface area contributed by atoms with Gasteiger partial charge in [0.1, 0.15) is 0 Å². The Morgan fingerprint density at radius 3 is 2.62 bits per heavy atom. The van der Waals surface area contributed by atoms with Gasteiger partial charge in [0.15, 0.2) is 0 Å². The predicted molar refractivity (Wildman–Crippen MR) is 66.1 cm³/mol. The Morgan fingerprint density at radius 2 is 2.06 bits per heavy atom. The van der Waals surface area contributed by atoms with E-state index in [1.165, 1.54) is 6.92 Å². The summed E-state index contributed by atoms with van der Waals surface area (Å²) in [5.41, 5.74) is 2.39. The molecule has 0 fully saturated rings. The molecule has 0 aliphatic carbocycles. The molecule has 88 valence electrons. The summed E-state index contributed by atoms with van der Waals surface area (Å²) in [4.78, 5) is 11.0. The first-order valence-electron chi connectivity index (χ1n) is 4.97. The minimum absolute atomic E-state index is 0.0431. The third-order valence-corrected chi connectivity index (χ3v) is 2.33. The highest BCUT2D eigenvalue weighted by Crippen LogP contribution is 2.28. The molecule has 0 aromatic heterocycles. The van der Waals surface area contributed by atoms with E-state index < -0.39 is 0 Å². The van der Waals surface area contributed by atoms with Gasteiger partial charge in [-0.1, -0.05) is 11.6 Å². The van der Waals surface area contributed by atoms with E-state index in [0.29, 0.717) is 17.3 Å². The second-order valence-corrected chi connectivity index (χ2v) is 3.89. The fourth-order valence-corrected chi connectivity index (χ4v) is 1.59. The van der Waals surface area contributed by atoms with E-state index in [2.05, 4.69) is 10.6 Å². The number of amides is 1. The second-order valence-electron chi connectivity index (χ2n) is 3.46. The van der Waals surface area contributed by atoms with E-state index in [-0.39, 0.29) is 12.5 Å². The first kappa shape index (κ1) is 12.8. The molecule has 1 aromatic carbocycles. The molecule has 1 aromatic rings. The molecule has 0 radical (unpaired) electrons. The monoisotopic (exact) mass is 242 g/mol. The van der Waals surface area contributed by atoms with Crippen LogP contribution in [0.15, 0.2) is 12.1 Å². The largest absolute Gasteiger partial charge is 0.395 e. The number of carbonyl (C=O) groups is 1. The standard InChI is InChI=1S/C11H15ClN2O2/c1-7-10(13-3-4-15)5-9(12)6-11(7)14-8(2)16/h5-6,13,15H,3-4H2,1-2H3,(H,14,16). The molecule has 0 saturated heterocycles. The third-order valence-electron chi connectivity index (χ3n) is 2.11. The smallest absolute Gasteiger partial charge is 0.221 e. The van der Waals surface area contributed by atoms with Gasteiger partial charge in [0.25, 0.3) is 0 Å². The van der Waals surface area contributed by atoms with E-state index in [0.717, 1.165) is 11.3 Å². The number of aliphatic hydroxyl groups excluding tert-OH is 1. The van der Waals surface area contributed by atoms with Crippen LogP contribution in [0.25, 0.3) is 0 Å². The number of halogens is 1. The van der Waals surface area contributed by atoms with Crippen molar-refractivity contribution in [2.75, 3.05) is 23.8 Å². The van der Waals surface area contributed by atoms with Crippen molar-refractivity contribution in [3.63, 3.8) is 0 Å². The highest BCUT2D eigenvalue weighted by molar-refractivity contribution is 6.31. The average Bonchev–Trinajstić information content (AvgIpc) is 2.20. The van der Waals surface area contributed by atoms with Crippen LogP contribution < -0.4 is 10.6 Å². The Morgan fingerprint density at radius 1 is 1.44 bits per heavy atom. The minimum Gasteiger partial charge on any atom is -0.395 e. The van der Waals surface area contributed by atoms with Gasteiger partial charge in [-0.3, -0.25) is 4.79 Å². The van der Waals surface area contributed by atoms with Crippen LogP contribution in [-0.4, -0.2) is 24.2 Å². The molecule has 0 aliphatic heterocycles. The fraction of sp³-hybridized carbons (Fsp3) is 0.364. The second kappa shape index (κ2) is 5.72. The van der Waals surface area contributed by atoms with Crippen LogP contribution in [-0.2, 0) is 4.79 Å². The number of carbonyl (C=O) groups excluding carboxylic acids is 1. The molecule has 0 heterocycles. The summed E-state index contributed by atoms with van der Waals surface area (Å²) < 4.78 is 0. The molecule has 1 rings (SSSR count). The summed E-state index contributed by atoms with van der Waals surface area (Å²) in [6.07, 6.45) is 0. The van der Waals surface area contributed by atoms with Crippen LogP contribution >= 0.6 is 11.6 Å². The Bertz CT molecular complexity index is 394. The lowest BCUT2D eigenvalue weighted by molar-refractivity contribution is -0.114. The zero-order valence-electron chi connectivity index (χ0n) is 9.30. The maximum Gasteiger partial charge on any atom is 0.221 e. The lowest BCUT2D eigenvalue weighted by Crippen LogP contribution is -2.10. The van der Waals surface area contributed by atoms with Gasteiger partial charge < -0.3 is 15.7 Å². The zero-order valence-corrected chi connectivity index (χ0v) is 10.1. The topological polar surface area (TPSA) is 61.4 Å². The van der Waals surface area contributed by atoms with Crippen LogP contribution in [0.3, 0.4) is 0 Å². The number of hydrogen-bond acceptors (Lipinski definition) is 3. The normalized spacial score (nSPS) is 10.0. The lowest BCUT2D eigenvalue weighted by Gasteiger charge is -2.13. The van der Waals surface area contributed by atoms with Gasteiger partial charge in [-0.2, -0.15) is 0 Å². The molecule has 0 atom stereocenters. The van der Waals surface area contributed by atoms with Gasteiger partial charge >= 0.3 is 0 Å². The highest BCUT2D eigenvalue weighted by Gasteiger charge is 2.07. The van der Waals surface area contributed by atoms with E-state index >= 15 is 0 Å². The van der Waals surface area contributed by atoms with E-state index in [9.17, 15) is 4.79 Å². The molecule has 16 heavy (non-hydrogen) atoms. The summed E-state index contributed by atoms with van der Waals surface area (Å²) in [5.74, 6) is -0.140. The molecule has 0 saturated carbocycles. The molecule has 5 heteroatoms. The van der Waals surface area contributed by atoms with Crippen LogP contribution in [0.4, 0.5) is 11.4 Å². The quantitative estimate of drug-likeness (QED) is 0.757. The molecule has 0 aliphatic rings. The van der Waals surface area contributed by atoms with Crippen molar-refractivity contribution in [2.24, 2.45) is 0 Å². The Kier molecular flexibility index (Phi) is 4.58. The number of benzene rings is 1. The van der Waals surface area contributed by atoms with Crippen LogP contribution in [0, 0.1) is 6.92 Å². The van der Waals surface area contributed by atoms with Crippen molar-refractivity contribution >= 4 is 28.9 Å². The molecule has 3 N–H and O–H groups in total. The Balaban J connectivity index is 3.00. The highest BCUT2D eigenvalue weighted by atomic mass is 35.5.